The number of aryl methyl sites for hydroxylation is 1. The maximum Gasteiger partial charge on any atom is 0.191 e. The second-order valence-electron chi connectivity index (χ2n) is 5.97. The first-order valence-electron chi connectivity index (χ1n) is 8.83. The fourth-order valence-corrected chi connectivity index (χ4v) is 3.44. The average Bonchev–Trinajstić information content (AvgIpc) is 2.98. The summed E-state index contributed by atoms with van der Waals surface area (Å²) in [7, 11) is 0. The Balaban J connectivity index is 1.63. The van der Waals surface area contributed by atoms with E-state index in [1.165, 1.54) is 37.0 Å². The molecule has 1 fully saturated rings. The highest BCUT2D eigenvalue weighted by Crippen LogP contribution is 2.20. The summed E-state index contributed by atoms with van der Waals surface area (Å²) in [4.78, 5) is 10.2. The number of nitrogens with one attached hydrogen (secondary N) is 2. The Kier molecular flexibility index (Phi) is 8.39. The maximum absolute atomic E-state index is 5.95. The van der Waals surface area contributed by atoms with Crippen LogP contribution < -0.4 is 10.6 Å². The molecule has 2 rings (SSSR count). The highest BCUT2D eigenvalue weighted by Gasteiger charge is 2.12. The van der Waals surface area contributed by atoms with Crippen molar-refractivity contribution in [1.82, 2.24) is 15.6 Å². The second kappa shape index (κ2) is 10.6. The highest BCUT2D eigenvalue weighted by atomic mass is 32.1. The third-order valence-electron chi connectivity index (χ3n) is 3.91. The van der Waals surface area contributed by atoms with E-state index in [1.54, 1.807) is 11.3 Å². The minimum Gasteiger partial charge on any atom is -0.378 e. The molecule has 1 aromatic rings. The largest absolute Gasteiger partial charge is 0.378 e. The Labute approximate surface area is 144 Å². The van der Waals surface area contributed by atoms with E-state index in [2.05, 4.69) is 34.5 Å². The van der Waals surface area contributed by atoms with Gasteiger partial charge in [0, 0.05) is 30.8 Å². The normalized spacial score (nSPS) is 16.5. The van der Waals surface area contributed by atoms with E-state index in [4.69, 9.17) is 4.74 Å². The van der Waals surface area contributed by atoms with Gasteiger partial charge < -0.3 is 15.4 Å². The molecule has 0 atom stereocenters. The molecule has 0 aliphatic heterocycles. The number of nitrogens with zero attached hydrogens (tertiary/aromatic N) is 2. The van der Waals surface area contributed by atoms with Crippen molar-refractivity contribution in [2.24, 2.45) is 4.99 Å². The van der Waals surface area contributed by atoms with Crippen molar-refractivity contribution in [2.75, 3.05) is 19.7 Å². The Morgan fingerprint density at radius 1 is 1.35 bits per heavy atom. The van der Waals surface area contributed by atoms with Crippen molar-refractivity contribution in [2.45, 2.75) is 65.0 Å². The van der Waals surface area contributed by atoms with Crippen molar-refractivity contribution >= 4 is 17.3 Å². The third kappa shape index (κ3) is 7.31. The lowest BCUT2D eigenvalue weighted by atomic mass is 9.98. The molecule has 5 nitrogen and oxygen atoms in total. The highest BCUT2D eigenvalue weighted by molar-refractivity contribution is 7.11. The van der Waals surface area contributed by atoms with E-state index in [0.29, 0.717) is 12.6 Å². The molecule has 0 unspecified atom stereocenters. The molecule has 0 amide bonds. The molecule has 1 aliphatic carbocycles. The van der Waals surface area contributed by atoms with Crippen molar-refractivity contribution in [3.8, 4) is 0 Å². The number of hydrogen-bond acceptors (Lipinski definition) is 4. The molecular formula is C17H30N4OS. The van der Waals surface area contributed by atoms with Crippen molar-refractivity contribution < 1.29 is 4.74 Å². The summed E-state index contributed by atoms with van der Waals surface area (Å²) < 4.78 is 5.95. The Bertz CT molecular complexity index is 469. The van der Waals surface area contributed by atoms with E-state index >= 15 is 0 Å². The van der Waals surface area contributed by atoms with Crippen molar-refractivity contribution in [1.29, 1.82) is 0 Å². The van der Waals surface area contributed by atoms with Gasteiger partial charge in [0.1, 0.15) is 5.01 Å². The van der Waals surface area contributed by atoms with E-state index in [0.717, 1.165) is 37.1 Å². The zero-order valence-corrected chi connectivity index (χ0v) is 15.3. The number of aromatic nitrogens is 1. The summed E-state index contributed by atoms with van der Waals surface area (Å²) >= 11 is 1.70. The standard InChI is InChI=1S/C17H30N4OS/c1-3-18-17(21-13-16-20-12-14(2)23-16)19-10-7-11-22-15-8-5-4-6-9-15/h12,15H,3-11,13H2,1-2H3,(H2,18,19,21). The minimum absolute atomic E-state index is 0.499. The zero-order valence-electron chi connectivity index (χ0n) is 14.4. The lowest BCUT2D eigenvalue weighted by Crippen LogP contribution is -2.38. The molecule has 0 bridgehead atoms. The van der Waals surface area contributed by atoms with Gasteiger partial charge in [-0.2, -0.15) is 0 Å². The zero-order chi connectivity index (χ0) is 16.3. The fraction of sp³-hybridized carbons (Fsp3) is 0.765. The number of rotatable bonds is 8. The molecule has 0 saturated heterocycles. The van der Waals surface area contributed by atoms with Crippen LogP contribution in [0.3, 0.4) is 0 Å². The van der Waals surface area contributed by atoms with E-state index in [9.17, 15) is 0 Å². The molecule has 130 valence electrons. The smallest absolute Gasteiger partial charge is 0.191 e. The molecule has 0 spiro atoms. The lowest BCUT2D eigenvalue weighted by Gasteiger charge is -2.22. The summed E-state index contributed by atoms with van der Waals surface area (Å²) in [5.41, 5.74) is 0. The number of aliphatic imine (C=N–C) groups is 1. The van der Waals surface area contributed by atoms with Gasteiger partial charge in [-0.05, 0) is 33.1 Å². The summed E-state index contributed by atoms with van der Waals surface area (Å²) in [6, 6.07) is 0. The minimum atomic E-state index is 0.499. The van der Waals surface area contributed by atoms with Crippen LogP contribution in [0.15, 0.2) is 11.2 Å². The summed E-state index contributed by atoms with van der Waals surface area (Å²) in [6.45, 7) is 7.36. The Morgan fingerprint density at radius 2 is 2.17 bits per heavy atom. The van der Waals surface area contributed by atoms with Crippen LogP contribution in [-0.2, 0) is 11.3 Å². The van der Waals surface area contributed by atoms with Gasteiger partial charge in [0.2, 0.25) is 0 Å². The van der Waals surface area contributed by atoms with Gasteiger partial charge >= 0.3 is 0 Å². The average molecular weight is 339 g/mol. The molecule has 0 aromatic carbocycles. The Morgan fingerprint density at radius 3 is 2.87 bits per heavy atom. The molecule has 1 aromatic heterocycles. The maximum atomic E-state index is 5.95. The fourth-order valence-electron chi connectivity index (χ4n) is 2.72. The van der Waals surface area contributed by atoms with Crippen LogP contribution in [-0.4, -0.2) is 36.7 Å². The second-order valence-corrected chi connectivity index (χ2v) is 7.29. The topological polar surface area (TPSA) is 58.5 Å². The molecule has 1 saturated carbocycles. The van der Waals surface area contributed by atoms with Crippen molar-refractivity contribution in [3.05, 3.63) is 16.1 Å². The Hall–Kier alpha value is -1.14. The summed E-state index contributed by atoms with van der Waals surface area (Å²) in [5.74, 6) is 0.859. The van der Waals surface area contributed by atoms with Crippen LogP contribution in [0.5, 0.6) is 0 Å². The quantitative estimate of drug-likeness (QED) is 0.434. The molecule has 6 heteroatoms. The van der Waals surface area contributed by atoms with Crippen LogP contribution in [0, 0.1) is 6.92 Å². The van der Waals surface area contributed by atoms with Crippen LogP contribution in [0.2, 0.25) is 0 Å². The van der Waals surface area contributed by atoms with Crippen LogP contribution in [0.4, 0.5) is 0 Å². The van der Waals surface area contributed by atoms with Crippen molar-refractivity contribution in [3.63, 3.8) is 0 Å². The van der Waals surface area contributed by atoms with Crippen LogP contribution in [0.25, 0.3) is 0 Å². The summed E-state index contributed by atoms with van der Waals surface area (Å²) in [5, 5.41) is 7.70. The molecule has 1 aliphatic rings. The SMILES string of the molecule is CCNC(=NCc1ncc(C)s1)NCCCOC1CCCCC1. The molecule has 1 heterocycles. The van der Waals surface area contributed by atoms with Gasteiger partial charge in [0.25, 0.3) is 0 Å². The number of thiazole rings is 1. The lowest BCUT2D eigenvalue weighted by molar-refractivity contribution is 0.0277. The van der Waals surface area contributed by atoms with Gasteiger partial charge in [-0.25, -0.2) is 9.98 Å². The van der Waals surface area contributed by atoms with Gasteiger partial charge in [0.15, 0.2) is 5.96 Å². The van der Waals surface area contributed by atoms with E-state index in [-0.39, 0.29) is 0 Å². The first-order chi connectivity index (χ1) is 11.3. The molecule has 0 radical (unpaired) electrons. The first-order valence-corrected chi connectivity index (χ1v) is 9.64. The number of ether oxygens (including phenoxy) is 1. The molecule has 2 N–H and O–H groups in total. The molecular weight excluding hydrogens is 308 g/mol. The van der Waals surface area contributed by atoms with Gasteiger partial charge in [-0.1, -0.05) is 19.3 Å². The first kappa shape index (κ1) is 18.2. The van der Waals surface area contributed by atoms with E-state index < -0.39 is 0 Å². The number of hydrogen-bond donors (Lipinski definition) is 2. The van der Waals surface area contributed by atoms with Gasteiger partial charge in [-0.3, -0.25) is 0 Å². The van der Waals surface area contributed by atoms with E-state index in [1.807, 2.05) is 6.20 Å². The van der Waals surface area contributed by atoms with Crippen LogP contribution >= 0.6 is 11.3 Å². The predicted molar refractivity (Wildman–Crippen MR) is 97.1 cm³/mol. The summed E-state index contributed by atoms with van der Waals surface area (Å²) in [6.07, 6.45) is 9.93. The monoisotopic (exact) mass is 338 g/mol. The third-order valence-corrected chi connectivity index (χ3v) is 4.80. The number of guanidine groups is 1. The van der Waals surface area contributed by atoms with Gasteiger partial charge in [0.05, 0.1) is 12.6 Å². The van der Waals surface area contributed by atoms with Gasteiger partial charge in [-0.15, -0.1) is 11.3 Å². The van der Waals surface area contributed by atoms with Crippen LogP contribution in [0.1, 0.15) is 55.3 Å². The molecule has 23 heavy (non-hydrogen) atoms. The predicted octanol–water partition coefficient (Wildman–Crippen LogP) is 3.25.